The van der Waals surface area contributed by atoms with Gasteiger partial charge in [0.05, 0.1) is 0 Å². The van der Waals surface area contributed by atoms with Gasteiger partial charge in [-0.1, -0.05) is 0 Å². The van der Waals surface area contributed by atoms with E-state index in [1.54, 1.807) is 0 Å². The molecule has 0 bridgehead atoms. The second-order valence-corrected chi connectivity index (χ2v) is 7.25. The molecule has 0 N–H and O–H groups in total. The van der Waals surface area contributed by atoms with Crippen LogP contribution in [0.5, 0.6) is 0 Å². The van der Waals surface area contributed by atoms with E-state index in [-0.39, 0.29) is 15.0 Å². The van der Waals surface area contributed by atoms with Crippen LogP contribution in [0.15, 0.2) is 30.3 Å². The van der Waals surface area contributed by atoms with E-state index < -0.39 is 11.2 Å². The quantitative estimate of drug-likeness (QED) is 0.540. The molecule has 16 heavy (non-hydrogen) atoms. The molecule has 0 saturated carbocycles. The number of hydrogen-bond acceptors (Lipinski definition) is 0. The Bertz CT molecular complexity index is 462. The number of hydrogen-bond donors (Lipinski definition) is 0. The van der Waals surface area contributed by atoms with Crippen LogP contribution in [0.2, 0.25) is 9.63 Å². The summed E-state index contributed by atoms with van der Waals surface area (Å²) >= 11 is 0.182. The predicted octanol–water partition coefficient (Wildman–Crippen LogP) is 3.91. The molecule has 1 heteroatoms. The monoisotopic (exact) mass is 281 g/mol. The Morgan fingerprint density at radius 1 is 1.38 bits per heavy atom. The summed E-state index contributed by atoms with van der Waals surface area (Å²) in [6.07, 6.45) is 3.54. The Morgan fingerprint density at radius 2 is 2.25 bits per heavy atom. The molecule has 0 amide bonds. The van der Waals surface area contributed by atoms with Gasteiger partial charge in [-0.2, -0.15) is 0 Å². The molecule has 1 unspecified atom stereocenters. The van der Waals surface area contributed by atoms with E-state index in [2.05, 4.69) is 11.8 Å². The first-order chi connectivity index (χ1) is 9.04. The standard InChI is InChI=1S/C15H18Se/c1-15(11-5-6-13-16-15)12-7-10-14-8-3-2-4-9-14/h2-4,8-9H,5-6,11-13H2,1H3/i1D3. The van der Waals surface area contributed by atoms with Gasteiger partial charge < -0.3 is 0 Å². The zero-order valence-electron chi connectivity index (χ0n) is 12.3. The molecule has 0 radical (unpaired) electrons. The van der Waals surface area contributed by atoms with Crippen LogP contribution < -0.4 is 0 Å². The second-order valence-electron chi connectivity index (χ2n) is 4.14. The molecule has 1 heterocycles. The Hall–Kier alpha value is -0.701. The summed E-state index contributed by atoms with van der Waals surface area (Å²) in [7, 11) is 0. The van der Waals surface area contributed by atoms with Crippen LogP contribution in [0.25, 0.3) is 0 Å². The predicted molar refractivity (Wildman–Crippen MR) is 70.7 cm³/mol. The average Bonchev–Trinajstić information content (AvgIpc) is 2.40. The Balaban J connectivity index is 2.12. The van der Waals surface area contributed by atoms with Crippen molar-refractivity contribution in [1.82, 2.24) is 0 Å². The molecule has 1 aliphatic heterocycles. The number of rotatable bonds is 1. The van der Waals surface area contributed by atoms with Crippen molar-refractivity contribution >= 4 is 15.0 Å². The summed E-state index contributed by atoms with van der Waals surface area (Å²) in [5.74, 6) is 6.22. The number of benzene rings is 1. The fourth-order valence-electron chi connectivity index (χ4n) is 1.80. The maximum absolute atomic E-state index is 7.84. The average molecular weight is 280 g/mol. The molecule has 0 aromatic heterocycles. The molecule has 1 aromatic carbocycles. The van der Waals surface area contributed by atoms with Crippen molar-refractivity contribution in [1.29, 1.82) is 0 Å². The molecule has 1 aliphatic rings. The third-order valence-electron chi connectivity index (χ3n) is 2.73. The van der Waals surface area contributed by atoms with E-state index in [9.17, 15) is 0 Å². The SMILES string of the molecule is [2H]C([2H])([2H])C1(CC#Cc2ccccc2)CCCC[Se]1. The molecule has 1 aromatic rings. The van der Waals surface area contributed by atoms with Gasteiger partial charge >= 0.3 is 109 Å². The molecule has 1 atom stereocenters. The van der Waals surface area contributed by atoms with Crippen molar-refractivity contribution < 1.29 is 4.11 Å². The summed E-state index contributed by atoms with van der Waals surface area (Å²) in [5.41, 5.74) is 0.964. The summed E-state index contributed by atoms with van der Waals surface area (Å²) in [4.78, 5) is 0. The first kappa shape index (κ1) is 8.40. The zero-order chi connectivity index (χ0) is 13.8. The summed E-state index contributed by atoms with van der Waals surface area (Å²) in [5, 5.41) is 1.08. The van der Waals surface area contributed by atoms with Gasteiger partial charge in [0.1, 0.15) is 0 Å². The van der Waals surface area contributed by atoms with Gasteiger partial charge in [0.25, 0.3) is 0 Å². The van der Waals surface area contributed by atoms with Crippen molar-refractivity contribution in [2.75, 3.05) is 0 Å². The molecule has 0 spiro atoms. The molecule has 84 valence electrons. The molecular weight excluding hydrogens is 259 g/mol. The molecule has 0 nitrogen and oxygen atoms in total. The van der Waals surface area contributed by atoms with Gasteiger partial charge in [-0.15, -0.1) is 0 Å². The van der Waals surface area contributed by atoms with E-state index in [1.165, 1.54) is 6.42 Å². The molecule has 2 rings (SSSR count). The van der Waals surface area contributed by atoms with Gasteiger partial charge in [-0.25, -0.2) is 0 Å². The van der Waals surface area contributed by atoms with Crippen LogP contribution in [0.3, 0.4) is 0 Å². The van der Waals surface area contributed by atoms with Crippen LogP contribution in [0.4, 0.5) is 0 Å². The van der Waals surface area contributed by atoms with Crippen LogP contribution in [-0.4, -0.2) is 15.0 Å². The first-order valence-corrected chi connectivity index (χ1v) is 7.78. The van der Waals surface area contributed by atoms with Crippen molar-refractivity contribution in [3.63, 3.8) is 0 Å². The Morgan fingerprint density at radius 3 is 2.94 bits per heavy atom. The van der Waals surface area contributed by atoms with Crippen LogP contribution >= 0.6 is 0 Å². The topological polar surface area (TPSA) is 0 Å². The van der Waals surface area contributed by atoms with Gasteiger partial charge in [0.15, 0.2) is 0 Å². The first-order valence-electron chi connectivity index (χ1n) is 7.21. The van der Waals surface area contributed by atoms with Crippen molar-refractivity contribution in [2.24, 2.45) is 0 Å². The minimum atomic E-state index is -1.86. The molecule has 1 fully saturated rings. The summed E-state index contributed by atoms with van der Waals surface area (Å²) < 4.78 is 23.0. The zero-order valence-corrected chi connectivity index (χ0v) is 11.0. The third kappa shape index (κ3) is 3.41. The van der Waals surface area contributed by atoms with Gasteiger partial charge in [-0.05, 0) is 0 Å². The van der Waals surface area contributed by atoms with Crippen molar-refractivity contribution in [3.05, 3.63) is 35.9 Å². The maximum atomic E-state index is 7.84. The molecular formula is C15H18Se. The van der Waals surface area contributed by atoms with Crippen molar-refractivity contribution in [3.8, 4) is 11.8 Å². The van der Waals surface area contributed by atoms with E-state index in [1.807, 2.05) is 30.3 Å². The van der Waals surface area contributed by atoms with Crippen LogP contribution in [0.1, 0.15) is 42.2 Å². The van der Waals surface area contributed by atoms with Crippen molar-refractivity contribution in [2.45, 2.75) is 42.2 Å². The van der Waals surface area contributed by atoms with E-state index in [4.69, 9.17) is 4.11 Å². The van der Waals surface area contributed by atoms with Gasteiger partial charge in [0, 0.05) is 0 Å². The molecule has 0 aliphatic carbocycles. The van der Waals surface area contributed by atoms with E-state index >= 15 is 0 Å². The van der Waals surface area contributed by atoms with Crippen LogP contribution in [-0.2, 0) is 0 Å². The molecule has 1 saturated heterocycles. The van der Waals surface area contributed by atoms with E-state index in [0.717, 1.165) is 23.7 Å². The third-order valence-corrected chi connectivity index (χ3v) is 5.66. The second kappa shape index (κ2) is 5.58. The fourth-order valence-corrected chi connectivity index (χ4v) is 4.32. The van der Waals surface area contributed by atoms with E-state index in [0.29, 0.717) is 6.42 Å². The van der Waals surface area contributed by atoms with Crippen LogP contribution in [0, 0.1) is 11.8 Å². The Kier molecular flexibility index (Phi) is 2.93. The summed E-state index contributed by atoms with van der Waals surface area (Å²) in [6.45, 7) is -1.86. The Labute approximate surface area is 109 Å². The minimum absolute atomic E-state index is 0.182. The summed E-state index contributed by atoms with van der Waals surface area (Å²) in [6, 6.07) is 9.78. The fraction of sp³-hybridized carbons (Fsp3) is 0.467. The van der Waals surface area contributed by atoms with Gasteiger partial charge in [-0.3, -0.25) is 0 Å². The van der Waals surface area contributed by atoms with Gasteiger partial charge in [0.2, 0.25) is 0 Å². The normalized spacial score (nSPS) is 28.1.